The van der Waals surface area contributed by atoms with Gasteiger partial charge in [-0.3, -0.25) is 0 Å². The Morgan fingerprint density at radius 3 is 1.55 bits per heavy atom. The Balaban J connectivity index is 1.13. The van der Waals surface area contributed by atoms with Crippen molar-refractivity contribution >= 4 is 10.8 Å². The molecular weight excluding hydrogens is 492 g/mol. The molecule has 0 aromatic heterocycles. The topological polar surface area (TPSA) is 66.0 Å². The molecule has 11 rings (SSSR count). The maximum Gasteiger partial charge on any atom is 0.130 e. The number of nitrogens with zero attached hydrogens (tertiary/aromatic N) is 2. The molecule has 0 radical (unpaired) electrons. The normalized spacial score (nSPS) is 50.2. The van der Waals surface area contributed by atoms with Crippen LogP contribution in [0.25, 0.3) is 10.8 Å². The SMILES string of the molecule is COc1c2c(c(OC)c3ccccc13)[C@@H]1C[C@H]2[C@@H]2[C@H]1[C@@]1(C)[C@@H]3[C@@H]4C[C@@H]([C@@H]5[C@H]4[C@@H]4C=C[C@H]5C(C#N)=C4C#N)[C@@H]3[C@@]21C. The molecule has 2 aromatic carbocycles. The molecule has 5 fully saturated rings. The van der Waals surface area contributed by atoms with Crippen molar-refractivity contribution in [2.75, 3.05) is 14.2 Å². The van der Waals surface area contributed by atoms with Crippen molar-refractivity contribution in [1.82, 2.24) is 0 Å². The summed E-state index contributed by atoms with van der Waals surface area (Å²) in [5.74, 6) is 8.94. The monoisotopic (exact) mass is 526 g/mol. The van der Waals surface area contributed by atoms with E-state index in [1.54, 1.807) is 0 Å². The molecule has 5 saturated carbocycles. The molecule has 4 nitrogen and oxygen atoms in total. The third-order valence-corrected chi connectivity index (χ3v) is 14.9. The highest BCUT2D eigenvalue weighted by Gasteiger charge is 2.90. The zero-order chi connectivity index (χ0) is 27.0. The van der Waals surface area contributed by atoms with Crippen LogP contribution in [0.1, 0.15) is 49.7 Å². The average Bonchev–Trinajstić information content (AvgIpc) is 3.76. The van der Waals surface area contributed by atoms with E-state index >= 15 is 0 Å². The number of nitriles is 2. The van der Waals surface area contributed by atoms with Crippen LogP contribution >= 0.6 is 0 Å². The molecule has 0 amide bonds. The average molecular weight is 527 g/mol. The van der Waals surface area contributed by atoms with Crippen molar-refractivity contribution in [3.05, 3.63) is 58.7 Å². The smallest absolute Gasteiger partial charge is 0.130 e. The molecule has 14 atom stereocenters. The number of hydrogen-bond acceptors (Lipinski definition) is 4. The highest BCUT2D eigenvalue weighted by molar-refractivity contribution is 5.97. The molecule has 9 aliphatic carbocycles. The number of methoxy groups -OCH3 is 2. The van der Waals surface area contributed by atoms with E-state index in [0.717, 1.165) is 34.5 Å². The van der Waals surface area contributed by atoms with Crippen LogP contribution in [0.15, 0.2) is 47.6 Å². The Labute approximate surface area is 235 Å². The van der Waals surface area contributed by atoms with E-state index < -0.39 is 0 Å². The first kappa shape index (κ1) is 22.4. The summed E-state index contributed by atoms with van der Waals surface area (Å²) in [7, 11) is 3.70. The van der Waals surface area contributed by atoms with Crippen molar-refractivity contribution in [1.29, 1.82) is 10.5 Å². The predicted octanol–water partition coefficient (Wildman–Crippen LogP) is 6.99. The van der Waals surface area contributed by atoms with Gasteiger partial charge in [-0.25, -0.2) is 0 Å². The van der Waals surface area contributed by atoms with Gasteiger partial charge in [0.15, 0.2) is 0 Å². The van der Waals surface area contributed by atoms with Crippen molar-refractivity contribution in [3.8, 4) is 23.6 Å². The molecule has 200 valence electrons. The van der Waals surface area contributed by atoms with Gasteiger partial charge in [-0.2, -0.15) is 10.5 Å². The summed E-state index contributed by atoms with van der Waals surface area (Å²) in [6, 6.07) is 13.6. The van der Waals surface area contributed by atoms with E-state index in [2.05, 4.69) is 62.4 Å². The summed E-state index contributed by atoms with van der Waals surface area (Å²) in [5.41, 5.74) is 5.15. The van der Waals surface area contributed by atoms with Gasteiger partial charge in [0.25, 0.3) is 0 Å². The van der Waals surface area contributed by atoms with Crippen molar-refractivity contribution in [2.45, 2.75) is 38.5 Å². The van der Waals surface area contributed by atoms with Crippen LogP contribution in [-0.4, -0.2) is 14.2 Å². The van der Waals surface area contributed by atoms with E-state index in [4.69, 9.17) is 9.47 Å². The second-order valence-electron chi connectivity index (χ2n) is 14.8. The first-order valence-corrected chi connectivity index (χ1v) is 15.4. The zero-order valence-electron chi connectivity index (χ0n) is 23.5. The molecule has 0 heterocycles. The highest BCUT2D eigenvalue weighted by atomic mass is 16.5. The number of hydrogen-bond donors (Lipinski definition) is 0. The second-order valence-corrected chi connectivity index (χ2v) is 14.8. The van der Waals surface area contributed by atoms with Gasteiger partial charge in [-0.15, -0.1) is 0 Å². The number of ether oxygens (including phenoxy) is 2. The number of fused-ring (bicyclic) bond motifs is 19. The van der Waals surface area contributed by atoms with E-state index in [9.17, 15) is 10.5 Å². The Morgan fingerprint density at radius 2 is 1.15 bits per heavy atom. The summed E-state index contributed by atoms with van der Waals surface area (Å²) in [4.78, 5) is 0. The van der Waals surface area contributed by atoms with Crippen LogP contribution in [0.3, 0.4) is 0 Å². The lowest BCUT2D eigenvalue weighted by Crippen LogP contribution is -2.81. The van der Waals surface area contributed by atoms with Crippen LogP contribution in [0.4, 0.5) is 0 Å². The van der Waals surface area contributed by atoms with Crippen LogP contribution in [0.2, 0.25) is 0 Å². The molecule has 0 N–H and O–H groups in total. The molecule has 6 bridgehead atoms. The molecule has 2 aromatic rings. The fourth-order valence-corrected chi connectivity index (χ4v) is 14.4. The van der Waals surface area contributed by atoms with Crippen LogP contribution < -0.4 is 9.47 Å². The van der Waals surface area contributed by atoms with Gasteiger partial charge >= 0.3 is 0 Å². The molecule has 4 heteroatoms. The Hall–Kier alpha value is -3.24. The molecule has 0 aliphatic heterocycles. The van der Waals surface area contributed by atoms with Gasteiger partial charge in [0.1, 0.15) is 11.5 Å². The van der Waals surface area contributed by atoms with Crippen LogP contribution in [-0.2, 0) is 0 Å². The Morgan fingerprint density at radius 1 is 0.700 bits per heavy atom. The Kier molecular flexibility index (Phi) is 3.72. The van der Waals surface area contributed by atoms with Gasteiger partial charge < -0.3 is 9.47 Å². The fourth-order valence-electron chi connectivity index (χ4n) is 14.4. The van der Waals surface area contributed by atoms with Crippen LogP contribution in [0.5, 0.6) is 11.5 Å². The highest BCUT2D eigenvalue weighted by Crippen LogP contribution is 2.95. The lowest BCUT2D eigenvalue weighted by molar-refractivity contribution is -0.372. The third kappa shape index (κ3) is 1.86. The van der Waals surface area contributed by atoms with E-state index in [0.29, 0.717) is 58.2 Å². The van der Waals surface area contributed by atoms with Gasteiger partial charge in [0.2, 0.25) is 0 Å². The molecule has 40 heavy (non-hydrogen) atoms. The minimum Gasteiger partial charge on any atom is -0.496 e. The minimum absolute atomic E-state index is 0.161. The number of rotatable bonds is 2. The first-order valence-electron chi connectivity index (χ1n) is 15.4. The third-order valence-electron chi connectivity index (χ3n) is 14.9. The minimum atomic E-state index is 0.161. The van der Waals surface area contributed by atoms with Crippen LogP contribution in [0, 0.1) is 92.7 Å². The standard InChI is InChI=1S/C36H34N2O2/c1-35-29-19-11-20(26-16-10-9-15(25(19)26)23(13-37)24(16)14-38)30(29)36(35,2)32-22-12-21(31(32)35)27-28(22)34(40-4)18-8-6-5-7-17(18)33(27)39-3/h5-10,15-16,19-22,25-26,29-32H,11-12H2,1-4H3/t15-,16+,19-,20+,21+,22-,25+,26-,29-,30+,31+,32-,35-,36+. The lowest BCUT2D eigenvalue weighted by Gasteiger charge is -2.85. The van der Waals surface area contributed by atoms with Gasteiger partial charge in [-0.1, -0.05) is 50.3 Å². The predicted molar refractivity (Wildman–Crippen MR) is 150 cm³/mol. The quantitative estimate of drug-likeness (QED) is 0.313. The number of allylic oxidation sites excluding steroid dienone is 4. The summed E-state index contributed by atoms with van der Waals surface area (Å²) in [5, 5.41) is 22.5. The molecule has 0 saturated heterocycles. The summed E-state index contributed by atoms with van der Waals surface area (Å²) < 4.78 is 12.5. The summed E-state index contributed by atoms with van der Waals surface area (Å²) in [6.45, 7) is 5.32. The van der Waals surface area contributed by atoms with Gasteiger partial charge in [0, 0.05) is 33.7 Å². The Bertz CT molecular complexity index is 1620. The van der Waals surface area contributed by atoms with E-state index in [-0.39, 0.29) is 11.8 Å². The fraction of sp³-hybridized carbons (Fsp3) is 0.556. The lowest BCUT2D eigenvalue weighted by atomic mass is 9.19. The largest absolute Gasteiger partial charge is 0.496 e. The zero-order valence-corrected chi connectivity index (χ0v) is 23.5. The second kappa shape index (κ2) is 6.62. The van der Waals surface area contributed by atoms with E-state index in [1.807, 2.05) is 14.2 Å². The van der Waals surface area contributed by atoms with Gasteiger partial charge in [0.05, 0.1) is 37.5 Å². The molecule has 0 unspecified atom stereocenters. The maximum absolute atomic E-state index is 10.1. The van der Waals surface area contributed by atoms with Gasteiger partial charge in [-0.05, 0) is 82.9 Å². The molecule has 0 spiro atoms. The van der Waals surface area contributed by atoms with Crippen molar-refractivity contribution < 1.29 is 9.47 Å². The van der Waals surface area contributed by atoms with Crippen molar-refractivity contribution in [2.24, 2.45) is 70.0 Å². The van der Waals surface area contributed by atoms with E-state index in [1.165, 1.54) is 34.7 Å². The van der Waals surface area contributed by atoms with Crippen molar-refractivity contribution in [3.63, 3.8) is 0 Å². The molecule has 9 aliphatic rings. The first-order chi connectivity index (χ1) is 19.5. The molecular formula is C36H34N2O2. The number of benzene rings is 2. The summed E-state index contributed by atoms with van der Waals surface area (Å²) >= 11 is 0. The maximum atomic E-state index is 10.1. The summed E-state index contributed by atoms with van der Waals surface area (Å²) in [6.07, 6.45) is 7.15.